The molecule has 0 aliphatic rings. The number of pyridine rings is 1. The number of hydrogen-bond acceptors (Lipinski definition) is 3. The van der Waals surface area contributed by atoms with Crippen molar-refractivity contribution in [2.75, 3.05) is 0 Å². The Bertz CT molecular complexity index is 700. The molecule has 0 saturated heterocycles. The van der Waals surface area contributed by atoms with Crippen LogP contribution in [0.2, 0.25) is 0 Å². The van der Waals surface area contributed by atoms with E-state index in [9.17, 15) is 0 Å². The van der Waals surface area contributed by atoms with Gasteiger partial charge in [-0.05, 0) is 37.1 Å². The summed E-state index contributed by atoms with van der Waals surface area (Å²) in [4.78, 5) is 13.3. The predicted molar refractivity (Wildman–Crippen MR) is 72.2 cm³/mol. The van der Waals surface area contributed by atoms with E-state index in [0.29, 0.717) is 0 Å². The lowest BCUT2D eigenvalue weighted by atomic mass is 10.0. The third-order valence-corrected chi connectivity index (χ3v) is 3.06. The molecule has 3 nitrogen and oxygen atoms in total. The van der Waals surface area contributed by atoms with E-state index in [1.165, 1.54) is 11.1 Å². The van der Waals surface area contributed by atoms with Crippen LogP contribution in [0.15, 0.2) is 42.7 Å². The second-order valence-electron chi connectivity index (χ2n) is 4.37. The molecular formula is C15H13N3. The lowest BCUT2D eigenvalue weighted by Crippen LogP contribution is -1.95. The van der Waals surface area contributed by atoms with Crippen molar-refractivity contribution >= 4 is 11.0 Å². The maximum absolute atomic E-state index is 4.59. The Morgan fingerprint density at radius 3 is 2.39 bits per heavy atom. The number of aryl methyl sites for hydroxylation is 2. The van der Waals surface area contributed by atoms with Gasteiger partial charge in [-0.25, -0.2) is 9.97 Å². The first kappa shape index (κ1) is 10.8. The summed E-state index contributed by atoms with van der Waals surface area (Å²) in [6, 6.07) is 10.1. The minimum atomic E-state index is 0.770. The van der Waals surface area contributed by atoms with Crippen molar-refractivity contribution in [2.24, 2.45) is 0 Å². The Morgan fingerprint density at radius 2 is 1.61 bits per heavy atom. The van der Waals surface area contributed by atoms with Gasteiger partial charge in [-0.1, -0.05) is 18.2 Å². The zero-order valence-corrected chi connectivity index (χ0v) is 10.4. The van der Waals surface area contributed by atoms with Crippen LogP contribution in [0.3, 0.4) is 0 Å². The summed E-state index contributed by atoms with van der Waals surface area (Å²) in [5.41, 5.74) is 5.21. The van der Waals surface area contributed by atoms with Gasteiger partial charge in [0.25, 0.3) is 0 Å². The van der Waals surface area contributed by atoms with Crippen molar-refractivity contribution in [1.82, 2.24) is 15.0 Å². The van der Waals surface area contributed by atoms with E-state index in [2.05, 4.69) is 47.0 Å². The molecule has 88 valence electrons. The molecule has 0 saturated carbocycles. The molecule has 0 atom stereocenters. The van der Waals surface area contributed by atoms with Crippen LogP contribution in [0, 0.1) is 13.8 Å². The molecule has 1 aromatic carbocycles. The zero-order valence-electron chi connectivity index (χ0n) is 10.4. The first-order valence-corrected chi connectivity index (χ1v) is 5.90. The van der Waals surface area contributed by atoms with Gasteiger partial charge in [0.1, 0.15) is 5.52 Å². The number of aromatic nitrogens is 3. The fraction of sp³-hybridized carbons (Fsp3) is 0.133. The number of benzene rings is 1. The lowest BCUT2D eigenvalue weighted by molar-refractivity contribution is 1.18. The van der Waals surface area contributed by atoms with Gasteiger partial charge in [0.2, 0.25) is 0 Å². The molecule has 0 radical (unpaired) electrons. The van der Waals surface area contributed by atoms with E-state index in [1.54, 1.807) is 12.4 Å². The zero-order chi connectivity index (χ0) is 12.5. The molecule has 3 heteroatoms. The molecule has 3 rings (SSSR count). The largest absolute Gasteiger partial charge is 0.253 e. The van der Waals surface area contributed by atoms with Crippen molar-refractivity contribution in [3.63, 3.8) is 0 Å². The molecule has 2 heterocycles. The number of hydrogen-bond donors (Lipinski definition) is 0. The van der Waals surface area contributed by atoms with Gasteiger partial charge in [0, 0.05) is 11.8 Å². The molecule has 0 fully saturated rings. The number of rotatable bonds is 1. The molecule has 3 aromatic rings. The fourth-order valence-corrected chi connectivity index (χ4v) is 2.16. The van der Waals surface area contributed by atoms with Gasteiger partial charge in [-0.2, -0.15) is 0 Å². The molecule has 0 amide bonds. The third kappa shape index (κ3) is 1.74. The van der Waals surface area contributed by atoms with Gasteiger partial charge in [-0.15, -0.1) is 0 Å². The summed E-state index contributed by atoms with van der Waals surface area (Å²) in [7, 11) is 0. The van der Waals surface area contributed by atoms with Crippen LogP contribution in [0.25, 0.3) is 22.4 Å². The summed E-state index contributed by atoms with van der Waals surface area (Å²) in [6.45, 7) is 4.16. The van der Waals surface area contributed by atoms with Crippen LogP contribution in [-0.2, 0) is 0 Å². The smallest absolute Gasteiger partial charge is 0.160 e. The van der Waals surface area contributed by atoms with E-state index >= 15 is 0 Å². The van der Waals surface area contributed by atoms with Gasteiger partial charge in [0.15, 0.2) is 5.82 Å². The Hall–Kier alpha value is -2.29. The molecule has 0 spiro atoms. The van der Waals surface area contributed by atoms with Crippen molar-refractivity contribution in [2.45, 2.75) is 13.8 Å². The summed E-state index contributed by atoms with van der Waals surface area (Å²) < 4.78 is 0. The van der Waals surface area contributed by atoms with Crippen LogP contribution < -0.4 is 0 Å². The van der Waals surface area contributed by atoms with E-state index in [-0.39, 0.29) is 0 Å². The summed E-state index contributed by atoms with van der Waals surface area (Å²) >= 11 is 0. The minimum Gasteiger partial charge on any atom is -0.253 e. The van der Waals surface area contributed by atoms with Gasteiger partial charge >= 0.3 is 0 Å². The van der Waals surface area contributed by atoms with Crippen LogP contribution in [0.5, 0.6) is 0 Å². The maximum atomic E-state index is 4.59. The Balaban J connectivity index is 2.26. The first-order valence-electron chi connectivity index (χ1n) is 5.90. The number of fused-ring (bicyclic) bond motifs is 1. The minimum absolute atomic E-state index is 0.770. The standard InChI is InChI=1S/C15H13N3/c1-10-5-3-6-11(2)14(10)15-17-9-13-12(18-15)7-4-8-16-13/h3-9H,1-2H3. The Kier molecular flexibility index (Phi) is 2.52. The normalized spacial score (nSPS) is 10.8. The molecular weight excluding hydrogens is 222 g/mol. The van der Waals surface area contributed by atoms with Gasteiger partial charge in [0.05, 0.1) is 11.7 Å². The quantitative estimate of drug-likeness (QED) is 0.649. The number of nitrogens with zero attached hydrogens (tertiary/aromatic N) is 3. The van der Waals surface area contributed by atoms with Gasteiger partial charge < -0.3 is 0 Å². The molecule has 18 heavy (non-hydrogen) atoms. The van der Waals surface area contributed by atoms with Crippen LogP contribution in [0.1, 0.15) is 11.1 Å². The van der Waals surface area contributed by atoms with Crippen molar-refractivity contribution in [1.29, 1.82) is 0 Å². The van der Waals surface area contributed by atoms with Crippen LogP contribution in [-0.4, -0.2) is 15.0 Å². The van der Waals surface area contributed by atoms with Crippen molar-refractivity contribution < 1.29 is 0 Å². The molecule has 0 N–H and O–H groups in total. The summed E-state index contributed by atoms with van der Waals surface area (Å²) in [6.07, 6.45) is 3.54. The summed E-state index contributed by atoms with van der Waals surface area (Å²) in [5.74, 6) is 0.770. The highest BCUT2D eigenvalue weighted by Gasteiger charge is 2.08. The van der Waals surface area contributed by atoms with E-state index in [4.69, 9.17) is 0 Å². The topological polar surface area (TPSA) is 38.7 Å². The highest BCUT2D eigenvalue weighted by atomic mass is 14.9. The first-order chi connectivity index (χ1) is 8.75. The average Bonchev–Trinajstić information content (AvgIpc) is 2.38. The van der Waals surface area contributed by atoms with E-state index < -0.39 is 0 Å². The highest BCUT2D eigenvalue weighted by molar-refractivity contribution is 5.76. The van der Waals surface area contributed by atoms with Gasteiger partial charge in [-0.3, -0.25) is 4.98 Å². The monoisotopic (exact) mass is 235 g/mol. The average molecular weight is 235 g/mol. The predicted octanol–water partition coefficient (Wildman–Crippen LogP) is 3.31. The van der Waals surface area contributed by atoms with Crippen LogP contribution in [0.4, 0.5) is 0 Å². The fourth-order valence-electron chi connectivity index (χ4n) is 2.16. The Morgan fingerprint density at radius 1 is 0.833 bits per heavy atom. The summed E-state index contributed by atoms with van der Waals surface area (Å²) in [5, 5.41) is 0. The molecule has 0 aliphatic heterocycles. The van der Waals surface area contributed by atoms with Crippen molar-refractivity contribution in [3.05, 3.63) is 53.9 Å². The highest BCUT2D eigenvalue weighted by Crippen LogP contribution is 2.24. The van der Waals surface area contributed by atoms with E-state index in [1.807, 2.05) is 12.1 Å². The Labute approximate surface area is 106 Å². The molecule has 0 unspecified atom stereocenters. The molecule has 2 aromatic heterocycles. The second-order valence-corrected chi connectivity index (χ2v) is 4.37. The molecule has 0 aliphatic carbocycles. The maximum Gasteiger partial charge on any atom is 0.160 e. The third-order valence-electron chi connectivity index (χ3n) is 3.06. The lowest BCUT2D eigenvalue weighted by Gasteiger charge is -2.08. The SMILES string of the molecule is Cc1cccc(C)c1-c1ncc2ncccc2n1. The van der Waals surface area contributed by atoms with Crippen molar-refractivity contribution in [3.8, 4) is 11.4 Å². The van der Waals surface area contributed by atoms with E-state index in [0.717, 1.165) is 22.4 Å². The second kappa shape index (κ2) is 4.18. The molecule has 0 bridgehead atoms. The van der Waals surface area contributed by atoms with Crippen LogP contribution >= 0.6 is 0 Å².